The second kappa shape index (κ2) is 6.92. The van der Waals surface area contributed by atoms with Crippen LogP contribution in [0.1, 0.15) is 37.7 Å². The first-order valence-electron chi connectivity index (χ1n) is 11.1. The summed E-state index contributed by atoms with van der Waals surface area (Å²) in [4.78, 5) is 26.8. The molecule has 0 radical (unpaired) electrons. The number of halogens is 1. The number of rotatable bonds is 6. The van der Waals surface area contributed by atoms with Gasteiger partial charge in [0.05, 0.1) is 10.8 Å². The molecule has 5 nitrogen and oxygen atoms in total. The highest BCUT2D eigenvalue weighted by Gasteiger charge is 2.82. The number of nitrogens with two attached hydrogens (primary N) is 2. The monoisotopic (exact) mass is 471 g/mol. The third kappa shape index (κ3) is 2.56. The molecule has 6 heteroatoms. The molecule has 1 aromatic carbocycles. The van der Waals surface area contributed by atoms with Crippen LogP contribution < -0.4 is 16.8 Å². The summed E-state index contributed by atoms with van der Waals surface area (Å²) in [7, 11) is 0. The minimum atomic E-state index is -0.965. The highest BCUT2D eigenvalue weighted by molar-refractivity contribution is 9.10. The van der Waals surface area contributed by atoms with E-state index < -0.39 is 10.8 Å². The molecule has 1 aromatic rings. The van der Waals surface area contributed by atoms with Gasteiger partial charge >= 0.3 is 0 Å². The van der Waals surface area contributed by atoms with Crippen molar-refractivity contribution < 1.29 is 9.59 Å². The zero-order valence-corrected chi connectivity index (χ0v) is 18.8. The molecule has 160 valence electrons. The Bertz CT molecular complexity index is 904. The number of primary amides is 2. The maximum atomic E-state index is 13.4. The second-order valence-electron chi connectivity index (χ2n) is 9.95. The molecular weight excluding hydrogens is 442 g/mol. The van der Waals surface area contributed by atoms with E-state index in [0.717, 1.165) is 48.8 Å². The van der Waals surface area contributed by atoms with Crippen LogP contribution in [0.15, 0.2) is 40.9 Å². The zero-order valence-electron chi connectivity index (χ0n) is 17.2. The van der Waals surface area contributed by atoms with Crippen LogP contribution in [0.3, 0.4) is 0 Å². The molecule has 1 heterocycles. The Balaban J connectivity index is 1.66. The molecule has 0 aromatic heterocycles. The lowest BCUT2D eigenvalue weighted by atomic mass is 9.51. The molecule has 2 saturated carbocycles. The van der Waals surface area contributed by atoms with Crippen molar-refractivity contribution in [3.8, 4) is 0 Å². The van der Waals surface area contributed by atoms with E-state index in [1.165, 1.54) is 0 Å². The van der Waals surface area contributed by atoms with Gasteiger partial charge in [-0.25, -0.2) is 0 Å². The maximum Gasteiger partial charge on any atom is 0.225 e. The van der Waals surface area contributed by atoms with E-state index in [1.807, 2.05) is 24.3 Å². The summed E-state index contributed by atoms with van der Waals surface area (Å²) in [5, 5.41) is 3.41. The molecule has 30 heavy (non-hydrogen) atoms. The molecule has 5 rings (SSSR count). The summed E-state index contributed by atoms with van der Waals surface area (Å²) in [6.07, 6.45) is 9.63. The lowest BCUT2D eigenvalue weighted by Crippen LogP contribution is -2.61. The smallest absolute Gasteiger partial charge is 0.225 e. The van der Waals surface area contributed by atoms with E-state index in [-0.39, 0.29) is 29.1 Å². The van der Waals surface area contributed by atoms with Gasteiger partial charge in [0.1, 0.15) is 0 Å². The Labute approximate surface area is 186 Å². The molecule has 1 saturated heterocycles. The van der Waals surface area contributed by atoms with Crippen LogP contribution in [0.25, 0.3) is 0 Å². The summed E-state index contributed by atoms with van der Waals surface area (Å²) >= 11 is 3.49. The van der Waals surface area contributed by atoms with Crippen molar-refractivity contribution in [2.24, 2.45) is 45.5 Å². The van der Waals surface area contributed by atoms with Gasteiger partial charge in [0.2, 0.25) is 11.8 Å². The van der Waals surface area contributed by atoms with Crippen molar-refractivity contribution in [3.63, 3.8) is 0 Å². The molecule has 2 bridgehead atoms. The largest absolute Gasteiger partial charge is 0.369 e. The number of allylic oxidation sites excluding steroid dienone is 2. The van der Waals surface area contributed by atoms with Gasteiger partial charge in [-0.3, -0.25) is 9.59 Å². The number of nitrogens with one attached hydrogen (secondary N) is 1. The molecule has 5 N–H and O–H groups in total. The predicted octanol–water partition coefficient (Wildman–Crippen LogP) is 2.92. The second-order valence-corrected chi connectivity index (χ2v) is 10.9. The number of amides is 2. The SMILES string of the molecule is NC(=O)[C@]1(CC2CCNCC2)[C@@H]2C=C[C@@H](C23CC3)[C@@]1(Cc1ccc(Br)cc1)C(N)=O. The van der Waals surface area contributed by atoms with Gasteiger partial charge < -0.3 is 16.8 Å². The third-order valence-corrected chi connectivity index (χ3v) is 9.29. The van der Waals surface area contributed by atoms with Gasteiger partial charge in [0.25, 0.3) is 0 Å². The fourth-order valence-electron chi connectivity index (χ4n) is 7.41. The van der Waals surface area contributed by atoms with Gasteiger partial charge in [-0.15, -0.1) is 0 Å². The number of hydrogen-bond acceptors (Lipinski definition) is 3. The first-order valence-corrected chi connectivity index (χ1v) is 11.9. The molecule has 1 spiro atoms. The van der Waals surface area contributed by atoms with Crippen molar-refractivity contribution >= 4 is 27.7 Å². The minimum absolute atomic E-state index is 0.00760. The molecule has 0 unspecified atom stereocenters. The van der Waals surface area contributed by atoms with Crippen molar-refractivity contribution in [2.75, 3.05) is 13.1 Å². The molecule has 3 fully saturated rings. The minimum Gasteiger partial charge on any atom is -0.369 e. The quantitative estimate of drug-likeness (QED) is 0.556. The highest BCUT2D eigenvalue weighted by Crippen LogP contribution is 2.81. The number of carbonyl (C=O) groups is 2. The predicted molar refractivity (Wildman–Crippen MR) is 119 cm³/mol. The van der Waals surface area contributed by atoms with Crippen LogP contribution >= 0.6 is 15.9 Å². The fourth-order valence-corrected chi connectivity index (χ4v) is 7.67. The van der Waals surface area contributed by atoms with Crippen LogP contribution in [0.4, 0.5) is 0 Å². The molecule has 1 aliphatic heterocycles. The summed E-state index contributed by atoms with van der Waals surface area (Å²) in [5.41, 5.74) is 11.7. The Morgan fingerprint density at radius 3 is 2.07 bits per heavy atom. The standard InChI is InChI=1S/C24H30BrN3O2/c25-17-3-1-15(2-4-17)13-23(20(26)29)18-5-6-19(22(18)9-10-22)24(23,21(27)30)14-16-7-11-28-12-8-16/h1-6,16,18-19,28H,7-14H2,(H2,26,29)(H2,27,30)/t18-,19+,23-,24-/m0/s1. The van der Waals surface area contributed by atoms with E-state index >= 15 is 0 Å². The lowest BCUT2D eigenvalue weighted by Gasteiger charge is -2.49. The van der Waals surface area contributed by atoms with Crippen LogP contribution in [0.5, 0.6) is 0 Å². The number of hydrogen-bond donors (Lipinski definition) is 3. The molecule has 4 aliphatic rings. The van der Waals surface area contributed by atoms with Crippen LogP contribution in [-0.2, 0) is 16.0 Å². The van der Waals surface area contributed by atoms with Crippen LogP contribution in [0.2, 0.25) is 0 Å². The van der Waals surface area contributed by atoms with Crippen molar-refractivity contribution in [2.45, 2.75) is 38.5 Å². The first kappa shape index (κ1) is 20.3. The average molecular weight is 472 g/mol. The maximum absolute atomic E-state index is 13.4. The summed E-state index contributed by atoms with van der Waals surface area (Å²) in [5.74, 6) is -0.303. The van der Waals surface area contributed by atoms with Gasteiger partial charge in [-0.05, 0) is 92.5 Å². The molecule has 3 aliphatic carbocycles. The highest BCUT2D eigenvalue weighted by atomic mass is 79.9. The molecular formula is C24H30BrN3O2. The van der Waals surface area contributed by atoms with E-state index in [1.54, 1.807) is 0 Å². The zero-order chi connectivity index (χ0) is 21.1. The van der Waals surface area contributed by atoms with Gasteiger partial charge in [-0.2, -0.15) is 0 Å². The van der Waals surface area contributed by atoms with Crippen LogP contribution in [0, 0.1) is 34.0 Å². The Hall–Kier alpha value is -1.66. The first-order chi connectivity index (χ1) is 14.4. The number of carbonyl (C=O) groups excluding carboxylic acids is 2. The average Bonchev–Trinajstić information content (AvgIpc) is 3.39. The normalized spacial score (nSPS) is 36.3. The van der Waals surface area contributed by atoms with E-state index in [4.69, 9.17) is 11.5 Å². The van der Waals surface area contributed by atoms with Crippen molar-refractivity contribution in [3.05, 3.63) is 46.5 Å². The number of piperidine rings is 1. The topological polar surface area (TPSA) is 98.2 Å². The Morgan fingerprint density at radius 2 is 1.53 bits per heavy atom. The van der Waals surface area contributed by atoms with Crippen LogP contribution in [-0.4, -0.2) is 24.9 Å². The third-order valence-electron chi connectivity index (χ3n) is 8.77. The van der Waals surface area contributed by atoms with Gasteiger partial charge in [0.15, 0.2) is 0 Å². The van der Waals surface area contributed by atoms with Crippen molar-refractivity contribution in [1.29, 1.82) is 0 Å². The Kier molecular flexibility index (Phi) is 4.67. The van der Waals surface area contributed by atoms with Crippen molar-refractivity contribution in [1.82, 2.24) is 5.32 Å². The summed E-state index contributed by atoms with van der Waals surface area (Å²) in [6, 6.07) is 8.03. The van der Waals surface area contributed by atoms with E-state index in [9.17, 15) is 9.59 Å². The molecule has 4 atom stereocenters. The molecule has 2 amide bonds. The van der Waals surface area contributed by atoms with E-state index in [2.05, 4.69) is 33.4 Å². The Morgan fingerprint density at radius 1 is 0.967 bits per heavy atom. The lowest BCUT2D eigenvalue weighted by molar-refractivity contribution is -0.153. The van der Waals surface area contributed by atoms with E-state index in [0.29, 0.717) is 18.8 Å². The summed E-state index contributed by atoms with van der Waals surface area (Å²) < 4.78 is 0.988. The summed E-state index contributed by atoms with van der Waals surface area (Å²) in [6.45, 7) is 1.90. The number of benzene rings is 1. The fraction of sp³-hybridized carbons (Fsp3) is 0.583. The van der Waals surface area contributed by atoms with Gasteiger partial charge in [0, 0.05) is 4.47 Å². The van der Waals surface area contributed by atoms with Gasteiger partial charge in [-0.1, -0.05) is 40.2 Å².